The number of para-hydroxylation sites is 2. The van der Waals surface area contributed by atoms with E-state index in [1.807, 2.05) is 12.1 Å². The number of aryl methyl sites for hydroxylation is 1. The molecule has 2 aliphatic heterocycles. The van der Waals surface area contributed by atoms with Gasteiger partial charge in [0, 0.05) is 25.7 Å². The summed E-state index contributed by atoms with van der Waals surface area (Å²) < 4.78 is 5.28. The number of aromatic nitrogens is 2. The fourth-order valence-corrected chi connectivity index (χ4v) is 4.26. The summed E-state index contributed by atoms with van der Waals surface area (Å²) in [5, 5.41) is 2.83. The highest BCUT2D eigenvalue weighted by molar-refractivity contribution is 6.05. The molecular formula is C23H27N5O4. The zero-order valence-electron chi connectivity index (χ0n) is 18.3. The highest BCUT2D eigenvalue weighted by atomic mass is 16.5. The van der Waals surface area contributed by atoms with Crippen LogP contribution in [0.25, 0.3) is 0 Å². The predicted molar refractivity (Wildman–Crippen MR) is 117 cm³/mol. The van der Waals surface area contributed by atoms with Crippen LogP contribution in [0.4, 0.5) is 5.69 Å². The summed E-state index contributed by atoms with van der Waals surface area (Å²) in [7, 11) is 1.54. The van der Waals surface area contributed by atoms with Crippen molar-refractivity contribution in [1.82, 2.24) is 19.8 Å². The van der Waals surface area contributed by atoms with E-state index in [4.69, 9.17) is 4.74 Å². The maximum atomic E-state index is 12.9. The van der Waals surface area contributed by atoms with Gasteiger partial charge in [0.25, 0.3) is 5.91 Å². The standard InChI is InChI=1S/C23H27N5O4/c1-15-16(23(31)26-17-7-3-4-9-19(17)32-2)13-24-22(25-15)18-8-5-12-28(18)21(30)14-27-11-6-10-20(27)29/h3-4,7,9,13,18H,5-6,8,10-12,14H2,1-2H3,(H,26,31). The minimum absolute atomic E-state index is 0.0339. The minimum Gasteiger partial charge on any atom is -0.495 e. The molecule has 1 aromatic carbocycles. The summed E-state index contributed by atoms with van der Waals surface area (Å²) in [6.45, 7) is 3.11. The molecule has 0 spiro atoms. The molecule has 0 aliphatic carbocycles. The van der Waals surface area contributed by atoms with Gasteiger partial charge in [-0.1, -0.05) is 12.1 Å². The summed E-state index contributed by atoms with van der Waals surface area (Å²) in [5.74, 6) is 0.710. The molecule has 3 amide bonds. The smallest absolute Gasteiger partial charge is 0.259 e. The predicted octanol–water partition coefficient (Wildman–Crippen LogP) is 2.33. The van der Waals surface area contributed by atoms with Crippen molar-refractivity contribution < 1.29 is 19.1 Å². The van der Waals surface area contributed by atoms with Gasteiger partial charge in [0.15, 0.2) is 5.82 Å². The van der Waals surface area contributed by atoms with E-state index < -0.39 is 0 Å². The second-order valence-corrected chi connectivity index (χ2v) is 8.05. The van der Waals surface area contributed by atoms with E-state index in [0.717, 1.165) is 19.3 Å². The van der Waals surface area contributed by atoms with Gasteiger partial charge in [-0.05, 0) is 38.3 Å². The Labute approximate surface area is 186 Å². The van der Waals surface area contributed by atoms with Gasteiger partial charge in [-0.25, -0.2) is 9.97 Å². The number of hydrogen-bond donors (Lipinski definition) is 1. The molecule has 32 heavy (non-hydrogen) atoms. The summed E-state index contributed by atoms with van der Waals surface area (Å²) in [4.78, 5) is 49.9. The number of anilines is 1. The third kappa shape index (κ3) is 4.42. The molecule has 0 saturated carbocycles. The minimum atomic E-state index is -0.328. The molecular weight excluding hydrogens is 410 g/mol. The Kier molecular flexibility index (Phi) is 6.34. The number of methoxy groups -OCH3 is 1. The number of carbonyl (C=O) groups excluding carboxylic acids is 3. The van der Waals surface area contributed by atoms with Crippen LogP contribution in [0.1, 0.15) is 53.6 Å². The molecule has 9 heteroatoms. The first kappa shape index (κ1) is 21.7. The van der Waals surface area contributed by atoms with Crippen LogP contribution in [0.5, 0.6) is 5.75 Å². The van der Waals surface area contributed by atoms with Crippen molar-refractivity contribution in [2.45, 2.75) is 38.6 Å². The largest absolute Gasteiger partial charge is 0.495 e. The first-order valence-electron chi connectivity index (χ1n) is 10.8. The van der Waals surface area contributed by atoms with Crippen LogP contribution in [0, 0.1) is 6.92 Å². The molecule has 2 aliphatic rings. The maximum absolute atomic E-state index is 12.9. The van der Waals surface area contributed by atoms with E-state index in [1.165, 1.54) is 6.20 Å². The van der Waals surface area contributed by atoms with Crippen LogP contribution >= 0.6 is 0 Å². The van der Waals surface area contributed by atoms with Gasteiger partial charge in [0.1, 0.15) is 5.75 Å². The van der Waals surface area contributed by atoms with E-state index in [9.17, 15) is 14.4 Å². The van der Waals surface area contributed by atoms with Crippen LogP contribution in [-0.2, 0) is 9.59 Å². The lowest BCUT2D eigenvalue weighted by Gasteiger charge is -2.26. The first-order valence-corrected chi connectivity index (χ1v) is 10.8. The van der Waals surface area contributed by atoms with Crippen LogP contribution in [0.2, 0.25) is 0 Å². The van der Waals surface area contributed by atoms with Crippen LogP contribution in [-0.4, -0.2) is 64.2 Å². The average molecular weight is 438 g/mol. The monoisotopic (exact) mass is 437 g/mol. The molecule has 1 N–H and O–H groups in total. The van der Waals surface area contributed by atoms with Crippen molar-refractivity contribution in [2.24, 2.45) is 0 Å². The number of benzene rings is 1. The van der Waals surface area contributed by atoms with Gasteiger partial charge in [-0.15, -0.1) is 0 Å². The summed E-state index contributed by atoms with van der Waals surface area (Å²) in [6.07, 6.45) is 4.43. The third-order valence-corrected chi connectivity index (χ3v) is 5.97. The lowest BCUT2D eigenvalue weighted by Crippen LogP contribution is -2.40. The summed E-state index contributed by atoms with van der Waals surface area (Å²) >= 11 is 0. The van der Waals surface area contributed by atoms with E-state index in [0.29, 0.717) is 48.0 Å². The number of nitrogens with zero attached hydrogens (tertiary/aromatic N) is 4. The molecule has 168 valence electrons. The molecule has 4 rings (SSSR count). The van der Waals surface area contributed by atoms with Gasteiger partial charge in [0.05, 0.1) is 36.6 Å². The molecule has 2 fully saturated rings. The van der Waals surface area contributed by atoms with Crippen molar-refractivity contribution in [1.29, 1.82) is 0 Å². The topological polar surface area (TPSA) is 105 Å². The Morgan fingerprint density at radius 3 is 2.75 bits per heavy atom. The lowest BCUT2D eigenvalue weighted by molar-refractivity contribution is -0.139. The Bertz CT molecular complexity index is 1040. The average Bonchev–Trinajstić information content (AvgIpc) is 3.43. The van der Waals surface area contributed by atoms with E-state index in [2.05, 4.69) is 15.3 Å². The van der Waals surface area contributed by atoms with Gasteiger partial charge in [-0.2, -0.15) is 0 Å². The second kappa shape index (κ2) is 9.33. The molecule has 2 saturated heterocycles. The number of carbonyl (C=O) groups is 3. The van der Waals surface area contributed by atoms with E-state index >= 15 is 0 Å². The number of likely N-dealkylation sites (tertiary alicyclic amines) is 2. The number of amides is 3. The van der Waals surface area contributed by atoms with Crippen LogP contribution in [0.3, 0.4) is 0 Å². The van der Waals surface area contributed by atoms with Crippen molar-refractivity contribution in [3.63, 3.8) is 0 Å². The third-order valence-electron chi connectivity index (χ3n) is 5.97. The normalized spacial score (nSPS) is 18.2. The molecule has 1 aromatic heterocycles. The molecule has 2 aromatic rings. The Morgan fingerprint density at radius 1 is 1.22 bits per heavy atom. The SMILES string of the molecule is COc1ccccc1NC(=O)c1cnc(C2CCCN2C(=O)CN2CCCC2=O)nc1C. The van der Waals surface area contributed by atoms with Crippen molar-refractivity contribution in [3.8, 4) is 5.75 Å². The van der Waals surface area contributed by atoms with Gasteiger partial charge >= 0.3 is 0 Å². The maximum Gasteiger partial charge on any atom is 0.259 e. The Hall–Kier alpha value is -3.49. The van der Waals surface area contributed by atoms with Gasteiger partial charge in [-0.3, -0.25) is 14.4 Å². The molecule has 3 heterocycles. The van der Waals surface area contributed by atoms with E-state index in [1.54, 1.807) is 36.0 Å². The zero-order valence-corrected chi connectivity index (χ0v) is 18.3. The van der Waals surface area contributed by atoms with Gasteiger partial charge in [0.2, 0.25) is 11.8 Å². The Balaban J connectivity index is 1.47. The Morgan fingerprint density at radius 2 is 2.03 bits per heavy atom. The molecule has 1 atom stereocenters. The molecule has 0 radical (unpaired) electrons. The van der Waals surface area contributed by atoms with Crippen molar-refractivity contribution in [2.75, 3.05) is 32.1 Å². The number of ether oxygens (including phenoxy) is 1. The number of rotatable bonds is 6. The summed E-state index contributed by atoms with van der Waals surface area (Å²) in [5.41, 5.74) is 1.46. The van der Waals surface area contributed by atoms with Crippen LogP contribution < -0.4 is 10.1 Å². The highest BCUT2D eigenvalue weighted by Gasteiger charge is 2.34. The van der Waals surface area contributed by atoms with Crippen LogP contribution in [0.15, 0.2) is 30.5 Å². The fraction of sp³-hybridized carbons (Fsp3) is 0.435. The first-order chi connectivity index (χ1) is 15.5. The van der Waals surface area contributed by atoms with Gasteiger partial charge < -0.3 is 19.9 Å². The summed E-state index contributed by atoms with van der Waals surface area (Å²) in [6, 6.07) is 6.92. The van der Waals surface area contributed by atoms with Crippen molar-refractivity contribution in [3.05, 3.63) is 47.5 Å². The van der Waals surface area contributed by atoms with E-state index in [-0.39, 0.29) is 30.3 Å². The second-order valence-electron chi connectivity index (χ2n) is 8.05. The highest BCUT2D eigenvalue weighted by Crippen LogP contribution is 2.31. The lowest BCUT2D eigenvalue weighted by atomic mass is 10.1. The number of nitrogens with one attached hydrogen (secondary N) is 1. The quantitative estimate of drug-likeness (QED) is 0.744. The number of hydrogen-bond acceptors (Lipinski definition) is 6. The van der Waals surface area contributed by atoms with Crippen molar-refractivity contribution >= 4 is 23.4 Å². The zero-order chi connectivity index (χ0) is 22.7. The molecule has 1 unspecified atom stereocenters. The molecule has 0 bridgehead atoms. The fourth-order valence-electron chi connectivity index (χ4n) is 4.26. The molecule has 9 nitrogen and oxygen atoms in total.